The van der Waals surface area contributed by atoms with Crippen LogP contribution in [0, 0.1) is 6.92 Å². The Morgan fingerprint density at radius 3 is 2.69 bits per heavy atom. The lowest BCUT2D eigenvalue weighted by Crippen LogP contribution is -2.03. The van der Waals surface area contributed by atoms with E-state index < -0.39 is 15.9 Å². The fraction of sp³-hybridized carbons (Fsp3) is 0.700. The van der Waals surface area contributed by atoms with E-state index in [4.69, 9.17) is 0 Å². The summed E-state index contributed by atoms with van der Waals surface area (Å²) in [6, 6.07) is 0. The third kappa shape index (κ3) is 2.28. The Hall–Kier alpha value is -0.460. The van der Waals surface area contributed by atoms with E-state index >= 15 is 0 Å². The van der Waals surface area contributed by atoms with Gasteiger partial charge in [0.1, 0.15) is 0 Å². The zero-order valence-electron chi connectivity index (χ0n) is 9.30. The molecular formula is C10H15NO3S2. The number of rotatable bonds is 2. The molecule has 1 fully saturated rings. The standard InChI is InChI=1S/C10H15NO3S2/c1-6-9(7(2)12)15-10(11-6)8-3-4-16(13,14)5-8/h7-8,12H,3-5H2,1-2H3. The Labute approximate surface area is 99.3 Å². The minimum atomic E-state index is -2.86. The number of thiazole rings is 1. The van der Waals surface area contributed by atoms with Crippen LogP contribution >= 0.6 is 11.3 Å². The van der Waals surface area contributed by atoms with Gasteiger partial charge in [-0.25, -0.2) is 13.4 Å². The van der Waals surface area contributed by atoms with E-state index in [1.807, 2.05) is 6.92 Å². The molecule has 0 aliphatic carbocycles. The summed E-state index contributed by atoms with van der Waals surface area (Å²) in [6.07, 6.45) is 0.137. The molecule has 2 atom stereocenters. The van der Waals surface area contributed by atoms with E-state index in [0.717, 1.165) is 15.6 Å². The van der Waals surface area contributed by atoms with Gasteiger partial charge in [-0.1, -0.05) is 0 Å². The highest BCUT2D eigenvalue weighted by Crippen LogP contribution is 2.34. The molecule has 1 aromatic rings. The van der Waals surface area contributed by atoms with Crippen molar-refractivity contribution in [2.24, 2.45) is 0 Å². The molecule has 2 heterocycles. The van der Waals surface area contributed by atoms with Gasteiger partial charge in [-0.15, -0.1) is 11.3 Å². The largest absolute Gasteiger partial charge is 0.388 e. The summed E-state index contributed by atoms with van der Waals surface area (Å²) in [7, 11) is -2.86. The number of nitrogens with zero attached hydrogens (tertiary/aromatic N) is 1. The number of aliphatic hydroxyl groups is 1. The third-order valence-corrected chi connectivity index (χ3v) is 6.07. The summed E-state index contributed by atoms with van der Waals surface area (Å²) in [5.41, 5.74) is 0.819. The fourth-order valence-electron chi connectivity index (χ4n) is 1.98. The quantitative estimate of drug-likeness (QED) is 0.874. The van der Waals surface area contributed by atoms with Gasteiger partial charge in [0.2, 0.25) is 0 Å². The maximum atomic E-state index is 11.4. The first kappa shape index (κ1) is 12.0. The molecule has 1 N–H and O–H groups in total. The van der Waals surface area contributed by atoms with Crippen molar-refractivity contribution in [3.63, 3.8) is 0 Å². The highest BCUT2D eigenvalue weighted by molar-refractivity contribution is 7.91. The molecule has 0 radical (unpaired) electrons. The Balaban J connectivity index is 2.26. The van der Waals surface area contributed by atoms with Crippen molar-refractivity contribution < 1.29 is 13.5 Å². The second kappa shape index (κ2) is 4.09. The number of aryl methyl sites for hydroxylation is 1. The van der Waals surface area contributed by atoms with E-state index in [0.29, 0.717) is 6.42 Å². The molecule has 1 aliphatic heterocycles. The molecule has 1 aromatic heterocycles. The van der Waals surface area contributed by atoms with Crippen molar-refractivity contribution in [2.45, 2.75) is 32.3 Å². The van der Waals surface area contributed by atoms with Crippen LogP contribution in [0.25, 0.3) is 0 Å². The smallest absolute Gasteiger partial charge is 0.151 e. The van der Waals surface area contributed by atoms with Gasteiger partial charge in [0, 0.05) is 5.92 Å². The topological polar surface area (TPSA) is 67.3 Å². The number of aromatic nitrogens is 1. The molecule has 1 aliphatic rings. The van der Waals surface area contributed by atoms with Crippen molar-refractivity contribution >= 4 is 21.2 Å². The normalized spacial score (nSPS) is 25.8. The summed E-state index contributed by atoms with van der Waals surface area (Å²) in [6.45, 7) is 3.56. The molecule has 2 rings (SSSR count). The van der Waals surface area contributed by atoms with Gasteiger partial charge < -0.3 is 5.11 Å². The Kier molecular flexibility index (Phi) is 3.07. The summed E-state index contributed by atoms with van der Waals surface area (Å²) in [4.78, 5) is 5.22. The summed E-state index contributed by atoms with van der Waals surface area (Å²) >= 11 is 1.44. The Morgan fingerprint density at radius 2 is 2.25 bits per heavy atom. The minimum absolute atomic E-state index is 0.0289. The highest BCUT2D eigenvalue weighted by Gasteiger charge is 2.31. The zero-order chi connectivity index (χ0) is 11.9. The summed E-state index contributed by atoms with van der Waals surface area (Å²) in [5, 5.41) is 10.4. The molecule has 0 spiro atoms. The van der Waals surface area contributed by atoms with Crippen molar-refractivity contribution in [1.82, 2.24) is 4.98 Å². The van der Waals surface area contributed by atoms with Crippen LogP contribution in [0.5, 0.6) is 0 Å². The number of hydrogen-bond acceptors (Lipinski definition) is 5. The van der Waals surface area contributed by atoms with Crippen LogP contribution in [-0.2, 0) is 9.84 Å². The van der Waals surface area contributed by atoms with Crippen LogP contribution < -0.4 is 0 Å². The number of hydrogen-bond donors (Lipinski definition) is 1. The van der Waals surface area contributed by atoms with Gasteiger partial charge in [-0.3, -0.25) is 0 Å². The number of sulfone groups is 1. The molecule has 0 saturated carbocycles. The minimum Gasteiger partial charge on any atom is -0.388 e. The number of aliphatic hydroxyl groups excluding tert-OH is 1. The van der Waals surface area contributed by atoms with E-state index in [-0.39, 0.29) is 17.4 Å². The second-order valence-electron chi connectivity index (χ2n) is 4.28. The molecule has 90 valence electrons. The van der Waals surface area contributed by atoms with Crippen LogP contribution in [0.4, 0.5) is 0 Å². The molecule has 0 aromatic carbocycles. The van der Waals surface area contributed by atoms with Crippen molar-refractivity contribution in [2.75, 3.05) is 11.5 Å². The maximum absolute atomic E-state index is 11.4. The average molecular weight is 261 g/mol. The predicted octanol–water partition coefficient (Wildman–Crippen LogP) is 1.41. The van der Waals surface area contributed by atoms with Gasteiger partial charge in [0.25, 0.3) is 0 Å². The first-order valence-corrected chi connectivity index (χ1v) is 7.88. The maximum Gasteiger partial charge on any atom is 0.151 e. The van der Waals surface area contributed by atoms with E-state index in [1.165, 1.54) is 11.3 Å². The zero-order valence-corrected chi connectivity index (χ0v) is 10.9. The van der Waals surface area contributed by atoms with Crippen molar-refractivity contribution in [1.29, 1.82) is 0 Å². The van der Waals surface area contributed by atoms with Gasteiger partial charge in [0.15, 0.2) is 9.84 Å². The van der Waals surface area contributed by atoms with Gasteiger partial charge in [-0.05, 0) is 20.3 Å². The van der Waals surface area contributed by atoms with Gasteiger partial charge in [-0.2, -0.15) is 0 Å². The van der Waals surface area contributed by atoms with E-state index in [2.05, 4.69) is 4.98 Å². The van der Waals surface area contributed by atoms with E-state index in [1.54, 1.807) is 6.92 Å². The third-order valence-electron chi connectivity index (χ3n) is 2.81. The van der Waals surface area contributed by atoms with Crippen LogP contribution in [-0.4, -0.2) is 30.0 Å². The molecule has 2 unspecified atom stereocenters. The Bertz CT molecular complexity index is 490. The SMILES string of the molecule is Cc1nc(C2CCS(=O)(=O)C2)sc1C(C)O. The van der Waals surface area contributed by atoms with Crippen LogP contribution in [0.2, 0.25) is 0 Å². The summed E-state index contributed by atoms with van der Waals surface area (Å²) in [5.74, 6) is 0.501. The molecule has 6 heteroatoms. The lowest BCUT2D eigenvalue weighted by atomic mass is 10.1. The van der Waals surface area contributed by atoms with Crippen LogP contribution in [0.3, 0.4) is 0 Å². The fourth-order valence-corrected chi connectivity index (χ4v) is 4.97. The molecular weight excluding hydrogens is 246 g/mol. The van der Waals surface area contributed by atoms with Crippen molar-refractivity contribution in [3.8, 4) is 0 Å². The van der Waals surface area contributed by atoms with Gasteiger partial charge in [0.05, 0.1) is 33.2 Å². The lowest BCUT2D eigenvalue weighted by molar-refractivity contribution is 0.202. The predicted molar refractivity (Wildman–Crippen MR) is 63.5 cm³/mol. The average Bonchev–Trinajstić information content (AvgIpc) is 2.69. The monoisotopic (exact) mass is 261 g/mol. The van der Waals surface area contributed by atoms with Crippen LogP contribution in [0.1, 0.15) is 40.9 Å². The first-order chi connectivity index (χ1) is 7.39. The van der Waals surface area contributed by atoms with Crippen LogP contribution in [0.15, 0.2) is 0 Å². The Morgan fingerprint density at radius 1 is 1.56 bits per heavy atom. The molecule has 0 bridgehead atoms. The molecule has 4 nitrogen and oxygen atoms in total. The molecule has 16 heavy (non-hydrogen) atoms. The molecule has 0 amide bonds. The molecule has 1 saturated heterocycles. The lowest BCUT2D eigenvalue weighted by Gasteiger charge is -2.01. The highest BCUT2D eigenvalue weighted by atomic mass is 32.2. The first-order valence-electron chi connectivity index (χ1n) is 5.25. The van der Waals surface area contributed by atoms with E-state index in [9.17, 15) is 13.5 Å². The van der Waals surface area contributed by atoms with Gasteiger partial charge >= 0.3 is 0 Å². The summed E-state index contributed by atoms with van der Waals surface area (Å²) < 4.78 is 22.7. The van der Waals surface area contributed by atoms with Crippen molar-refractivity contribution in [3.05, 3.63) is 15.6 Å². The second-order valence-corrected chi connectivity index (χ2v) is 7.57.